The average Bonchev–Trinajstić information content (AvgIpc) is 2.26. The molecule has 1 rings (SSSR count). The number of rotatable bonds is 4. The van der Waals surface area contributed by atoms with Gasteiger partial charge in [-0.3, -0.25) is 4.79 Å². The van der Waals surface area contributed by atoms with Gasteiger partial charge in [-0.15, -0.1) is 0 Å². The first-order chi connectivity index (χ1) is 7.15. The first-order valence-corrected chi connectivity index (χ1v) is 6.14. The molecule has 0 aliphatic carbocycles. The van der Waals surface area contributed by atoms with E-state index in [4.69, 9.17) is 5.73 Å². The summed E-state index contributed by atoms with van der Waals surface area (Å²) in [5, 5.41) is 0. The Morgan fingerprint density at radius 3 is 2.87 bits per heavy atom. The van der Waals surface area contributed by atoms with Crippen molar-refractivity contribution in [1.29, 1.82) is 0 Å². The van der Waals surface area contributed by atoms with Crippen LogP contribution in [0, 0.1) is 5.92 Å². The lowest BCUT2D eigenvalue weighted by Gasteiger charge is -2.33. The van der Waals surface area contributed by atoms with E-state index in [1.807, 2.05) is 4.90 Å². The Morgan fingerprint density at radius 2 is 2.27 bits per heavy atom. The van der Waals surface area contributed by atoms with Gasteiger partial charge in [-0.1, -0.05) is 6.92 Å². The van der Waals surface area contributed by atoms with E-state index < -0.39 is 0 Å². The van der Waals surface area contributed by atoms with E-state index in [9.17, 15) is 4.79 Å². The maximum absolute atomic E-state index is 11.9. The first kappa shape index (κ1) is 12.5. The number of likely N-dealkylation sites (tertiary alicyclic amines) is 1. The van der Waals surface area contributed by atoms with E-state index in [0.29, 0.717) is 30.8 Å². The molecule has 1 amide bonds. The number of carbonyl (C=O) groups is 1. The van der Waals surface area contributed by atoms with Crippen LogP contribution in [0.5, 0.6) is 0 Å². The molecule has 0 aromatic carbocycles. The summed E-state index contributed by atoms with van der Waals surface area (Å²) in [5.74, 6) is 0.788. The van der Waals surface area contributed by atoms with Crippen LogP contribution in [0.25, 0.3) is 0 Å². The number of nitrogens with two attached hydrogens (primary N) is 1. The second-order valence-corrected chi connectivity index (χ2v) is 4.81. The van der Waals surface area contributed by atoms with E-state index >= 15 is 0 Å². The Hall–Kier alpha value is -0.570. The molecule has 1 saturated heterocycles. The van der Waals surface area contributed by atoms with Crippen molar-refractivity contribution in [3.8, 4) is 0 Å². The maximum atomic E-state index is 11.9. The SMILES string of the molecule is CC(CN)CCC(=O)N1CCCCC1C. The number of piperidine rings is 1. The van der Waals surface area contributed by atoms with Crippen LogP contribution in [-0.2, 0) is 4.79 Å². The van der Waals surface area contributed by atoms with Crippen molar-refractivity contribution in [1.82, 2.24) is 4.90 Å². The molecule has 1 aliphatic heterocycles. The number of carbonyl (C=O) groups excluding carboxylic acids is 1. The maximum Gasteiger partial charge on any atom is 0.222 e. The number of amides is 1. The molecule has 0 bridgehead atoms. The number of hydrogen-bond acceptors (Lipinski definition) is 2. The predicted octanol–water partition coefficient (Wildman–Crippen LogP) is 1.76. The fourth-order valence-corrected chi connectivity index (χ4v) is 2.10. The van der Waals surface area contributed by atoms with Gasteiger partial charge in [0.25, 0.3) is 0 Å². The molecule has 15 heavy (non-hydrogen) atoms. The highest BCUT2D eigenvalue weighted by atomic mass is 16.2. The van der Waals surface area contributed by atoms with E-state index in [2.05, 4.69) is 13.8 Å². The molecule has 0 saturated carbocycles. The molecule has 2 atom stereocenters. The summed E-state index contributed by atoms with van der Waals surface area (Å²) in [6.07, 6.45) is 5.20. The van der Waals surface area contributed by atoms with Crippen LogP contribution in [0.2, 0.25) is 0 Å². The molecule has 3 nitrogen and oxygen atoms in total. The molecular formula is C12H24N2O. The van der Waals surface area contributed by atoms with Crippen molar-refractivity contribution in [2.45, 2.75) is 52.0 Å². The van der Waals surface area contributed by atoms with Gasteiger partial charge >= 0.3 is 0 Å². The van der Waals surface area contributed by atoms with Crippen LogP contribution in [-0.4, -0.2) is 29.9 Å². The third-order valence-electron chi connectivity index (χ3n) is 3.38. The minimum Gasteiger partial charge on any atom is -0.340 e. The van der Waals surface area contributed by atoms with Crippen molar-refractivity contribution in [3.05, 3.63) is 0 Å². The standard InChI is InChI=1S/C12H24N2O/c1-10(9-13)6-7-12(15)14-8-4-3-5-11(14)2/h10-11H,3-9,13H2,1-2H3. The second-order valence-electron chi connectivity index (χ2n) is 4.81. The molecule has 0 aromatic rings. The van der Waals surface area contributed by atoms with Crippen molar-refractivity contribution in [3.63, 3.8) is 0 Å². The number of hydrogen-bond donors (Lipinski definition) is 1. The van der Waals surface area contributed by atoms with Gasteiger partial charge in [0.15, 0.2) is 0 Å². The lowest BCUT2D eigenvalue weighted by molar-refractivity contribution is -0.134. The summed E-state index contributed by atoms with van der Waals surface area (Å²) in [6, 6.07) is 0.444. The molecule has 1 fully saturated rings. The van der Waals surface area contributed by atoms with Gasteiger partial charge in [0.2, 0.25) is 5.91 Å². The van der Waals surface area contributed by atoms with Gasteiger partial charge in [-0.05, 0) is 45.1 Å². The number of nitrogens with zero attached hydrogens (tertiary/aromatic N) is 1. The van der Waals surface area contributed by atoms with Crippen molar-refractivity contribution < 1.29 is 4.79 Å². The smallest absolute Gasteiger partial charge is 0.222 e. The Bertz CT molecular complexity index is 206. The average molecular weight is 212 g/mol. The Morgan fingerprint density at radius 1 is 1.53 bits per heavy atom. The van der Waals surface area contributed by atoms with Crippen LogP contribution >= 0.6 is 0 Å². The molecule has 2 N–H and O–H groups in total. The van der Waals surface area contributed by atoms with Crippen LogP contribution < -0.4 is 5.73 Å². The fourth-order valence-electron chi connectivity index (χ4n) is 2.10. The van der Waals surface area contributed by atoms with Gasteiger partial charge < -0.3 is 10.6 Å². The summed E-state index contributed by atoms with van der Waals surface area (Å²) in [5.41, 5.74) is 5.54. The zero-order valence-electron chi connectivity index (χ0n) is 10.0. The third-order valence-corrected chi connectivity index (χ3v) is 3.38. The summed E-state index contributed by atoms with van der Waals surface area (Å²) in [6.45, 7) is 5.90. The summed E-state index contributed by atoms with van der Waals surface area (Å²) >= 11 is 0. The van der Waals surface area contributed by atoms with Crippen LogP contribution in [0.1, 0.15) is 46.0 Å². The summed E-state index contributed by atoms with van der Waals surface area (Å²) in [7, 11) is 0. The highest BCUT2D eigenvalue weighted by molar-refractivity contribution is 5.76. The molecule has 0 aromatic heterocycles. The van der Waals surface area contributed by atoms with Gasteiger partial charge in [-0.25, -0.2) is 0 Å². The molecule has 1 aliphatic rings. The molecule has 88 valence electrons. The zero-order valence-corrected chi connectivity index (χ0v) is 10.0. The van der Waals surface area contributed by atoms with Crippen molar-refractivity contribution in [2.24, 2.45) is 11.7 Å². The van der Waals surface area contributed by atoms with Crippen molar-refractivity contribution in [2.75, 3.05) is 13.1 Å². The molecule has 0 radical (unpaired) electrons. The van der Waals surface area contributed by atoms with Gasteiger partial charge in [0.05, 0.1) is 0 Å². The van der Waals surface area contributed by atoms with Gasteiger partial charge in [-0.2, -0.15) is 0 Å². The Kier molecular flexibility index (Phi) is 5.09. The second kappa shape index (κ2) is 6.11. The van der Waals surface area contributed by atoms with E-state index in [-0.39, 0.29) is 0 Å². The lowest BCUT2D eigenvalue weighted by Crippen LogP contribution is -2.42. The topological polar surface area (TPSA) is 46.3 Å². The quantitative estimate of drug-likeness (QED) is 0.772. The zero-order chi connectivity index (χ0) is 11.3. The van der Waals surface area contributed by atoms with Gasteiger partial charge in [0, 0.05) is 19.0 Å². The van der Waals surface area contributed by atoms with E-state index in [0.717, 1.165) is 19.4 Å². The lowest BCUT2D eigenvalue weighted by atomic mass is 10.0. The molecule has 3 heteroatoms. The minimum absolute atomic E-state index is 0.322. The van der Waals surface area contributed by atoms with Crippen LogP contribution in [0.4, 0.5) is 0 Å². The largest absolute Gasteiger partial charge is 0.340 e. The summed E-state index contributed by atoms with van der Waals surface area (Å²) < 4.78 is 0. The molecular weight excluding hydrogens is 188 g/mol. The fraction of sp³-hybridized carbons (Fsp3) is 0.917. The Labute approximate surface area is 93.0 Å². The monoisotopic (exact) mass is 212 g/mol. The molecule has 2 unspecified atom stereocenters. The first-order valence-electron chi connectivity index (χ1n) is 6.14. The molecule has 0 spiro atoms. The van der Waals surface area contributed by atoms with Crippen LogP contribution in [0.3, 0.4) is 0 Å². The third kappa shape index (κ3) is 3.82. The van der Waals surface area contributed by atoms with Crippen LogP contribution in [0.15, 0.2) is 0 Å². The Balaban J connectivity index is 2.32. The normalized spacial score (nSPS) is 23.9. The van der Waals surface area contributed by atoms with E-state index in [1.54, 1.807) is 0 Å². The van der Waals surface area contributed by atoms with Crippen molar-refractivity contribution >= 4 is 5.91 Å². The highest BCUT2D eigenvalue weighted by Gasteiger charge is 2.22. The minimum atomic E-state index is 0.322. The molecule has 1 heterocycles. The van der Waals surface area contributed by atoms with Gasteiger partial charge in [0.1, 0.15) is 0 Å². The summed E-state index contributed by atoms with van der Waals surface area (Å²) in [4.78, 5) is 14.0. The van der Waals surface area contributed by atoms with E-state index in [1.165, 1.54) is 12.8 Å². The predicted molar refractivity (Wildman–Crippen MR) is 62.5 cm³/mol. The highest BCUT2D eigenvalue weighted by Crippen LogP contribution is 2.18.